The summed E-state index contributed by atoms with van der Waals surface area (Å²) >= 11 is 2.69. The minimum absolute atomic E-state index is 0. The van der Waals surface area contributed by atoms with Crippen LogP contribution in [0.2, 0.25) is 0 Å². The molecule has 0 saturated carbocycles. The molecule has 54 valence electrons. The standard InChI is InChI=1S/C7H7.Al.2BrH/c1-7-5-3-2-4-6-7;;;/h2-6H,1H2;;2*1H. The zero-order valence-corrected chi connectivity index (χ0v) is 10.1. The Morgan fingerprint density at radius 1 is 1.00 bits per heavy atom. The van der Waals surface area contributed by atoms with Gasteiger partial charge in [0, 0.05) is 0 Å². The van der Waals surface area contributed by atoms with Gasteiger partial charge < -0.3 is 0 Å². The normalized spacial score (nSPS) is 7.20. The van der Waals surface area contributed by atoms with Crippen LogP contribution in [-0.2, 0) is 5.28 Å². The molecule has 0 saturated heterocycles. The van der Waals surface area contributed by atoms with Crippen LogP contribution in [0.3, 0.4) is 0 Å². The molecule has 0 heterocycles. The van der Waals surface area contributed by atoms with E-state index in [1.165, 1.54) is 5.56 Å². The van der Waals surface area contributed by atoms with Crippen molar-refractivity contribution in [2.75, 3.05) is 0 Å². The van der Waals surface area contributed by atoms with E-state index in [0.717, 1.165) is 5.28 Å². The molecule has 10 heavy (non-hydrogen) atoms. The van der Waals surface area contributed by atoms with Crippen LogP contribution in [-0.4, -0.2) is 16.3 Å². The quantitative estimate of drug-likeness (QED) is 0.693. The van der Waals surface area contributed by atoms with E-state index in [9.17, 15) is 0 Å². The van der Waals surface area contributed by atoms with E-state index >= 15 is 0 Å². The van der Waals surface area contributed by atoms with Crippen molar-refractivity contribution >= 4 is 50.3 Å². The van der Waals surface area contributed by atoms with Crippen molar-refractivity contribution in [2.24, 2.45) is 0 Å². The first-order valence-electron chi connectivity index (χ1n) is 2.67. The lowest BCUT2D eigenvalue weighted by atomic mass is 10.2. The van der Waals surface area contributed by atoms with Gasteiger partial charge in [-0.25, -0.2) is 0 Å². The number of rotatable bonds is 1. The number of benzene rings is 1. The molecule has 0 unspecified atom stereocenters. The third-order valence-corrected chi connectivity index (χ3v) is 1.55. The lowest BCUT2D eigenvalue weighted by molar-refractivity contribution is 1.40. The fourth-order valence-corrected chi connectivity index (χ4v) is 0.886. The van der Waals surface area contributed by atoms with Crippen LogP contribution in [0.25, 0.3) is 0 Å². The van der Waals surface area contributed by atoms with Crippen LogP contribution in [0, 0.1) is 0 Å². The van der Waals surface area contributed by atoms with Gasteiger partial charge in [0.1, 0.15) is 16.3 Å². The number of hydrogen-bond acceptors (Lipinski definition) is 0. The molecule has 0 N–H and O–H groups in total. The Bertz CT molecular complexity index is 153. The van der Waals surface area contributed by atoms with Crippen molar-refractivity contribution in [1.82, 2.24) is 0 Å². The largest absolute Gasteiger partial charge is 0.125 e. The molecule has 0 aliphatic carbocycles. The van der Waals surface area contributed by atoms with E-state index in [-0.39, 0.29) is 34.0 Å². The Kier molecular flexibility index (Phi) is 10.4. The third kappa shape index (κ3) is 4.52. The SMILES string of the molecule is Br.Br.[Al][CH2]c1ccccc1. The first kappa shape index (κ1) is 13.3. The summed E-state index contributed by atoms with van der Waals surface area (Å²) in [4.78, 5) is 0. The molecular formula is C7H9AlBr2. The van der Waals surface area contributed by atoms with E-state index in [2.05, 4.69) is 40.6 Å². The zero-order chi connectivity index (χ0) is 5.82. The van der Waals surface area contributed by atoms with Crippen LogP contribution in [0.4, 0.5) is 0 Å². The van der Waals surface area contributed by atoms with Crippen LogP contribution in [0.15, 0.2) is 30.3 Å². The molecule has 0 aromatic heterocycles. The highest BCUT2D eigenvalue weighted by Gasteiger charge is 1.79. The second kappa shape index (κ2) is 7.82. The van der Waals surface area contributed by atoms with Gasteiger partial charge in [0.25, 0.3) is 0 Å². The second-order valence-corrected chi connectivity index (χ2v) is 2.10. The Morgan fingerprint density at radius 2 is 1.50 bits per heavy atom. The van der Waals surface area contributed by atoms with E-state index in [0.29, 0.717) is 0 Å². The molecule has 3 heteroatoms. The molecule has 0 aliphatic rings. The highest BCUT2D eigenvalue weighted by atomic mass is 79.9. The maximum Gasteiger partial charge on any atom is 0.125 e. The monoisotopic (exact) mass is 278 g/mol. The van der Waals surface area contributed by atoms with E-state index < -0.39 is 0 Å². The summed E-state index contributed by atoms with van der Waals surface area (Å²) in [5.74, 6) is 0. The zero-order valence-electron chi connectivity index (χ0n) is 5.49. The van der Waals surface area contributed by atoms with E-state index in [1.54, 1.807) is 0 Å². The molecule has 0 spiro atoms. The third-order valence-electron chi connectivity index (χ3n) is 1.08. The van der Waals surface area contributed by atoms with Crippen molar-refractivity contribution in [1.29, 1.82) is 0 Å². The molecular weight excluding hydrogens is 271 g/mol. The summed E-state index contributed by atoms with van der Waals surface area (Å²) in [5.41, 5.74) is 1.37. The Morgan fingerprint density at radius 3 is 1.80 bits per heavy atom. The van der Waals surface area contributed by atoms with Crippen molar-refractivity contribution in [3.05, 3.63) is 35.9 Å². The average molecular weight is 280 g/mol. The van der Waals surface area contributed by atoms with Crippen molar-refractivity contribution in [3.8, 4) is 0 Å². The highest BCUT2D eigenvalue weighted by Crippen LogP contribution is 1.95. The summed E-state index contributed by atoms with van der Waals surface area (Å²) in [5, 5.41) is 1.06. The fourth-order valence-electron chi connectivity index (χ4n) is 0.614. The van der Waals surface area contributed by atoms with E-state index in [1.807, 2.05) is 6.07 Å². The minimum Gasteiger partial charge on any atom is -0.114 e. The fraction of sp³-hybridized carbons (Fsp3) is 0.143. The van der Waals surface area contributed by atoms with Gasteiger partial charge in [-0.05, 0) is 0 Å². The van der Waals surface area contributed by atoms with E-state index in [4.69, 9.17) is 0 Å². The van der Waals surface area contributed by atoms with Crippen LogP contribution >= 0.6 is 34.0 Å². The maximum atomic E-state index is 2.69. The number of halogens is 2. The van der Waals surface area contributed by atoms with Crippen LogP contribution in [0.5, 0.6) is 0 Å². The van der Waals surface area contributed by atoms with Crippen LogP contribution in [0.1, 0.15) is 5.56 Å². The average Bonchev–Trinajstić information content (AvgIpc) is 1.90. The van der Waals surface area contributed by atoms with Gasteiger partial charge in [-0.2, -0.15) is 0 Å². The van der Waals surface area contributed by atoms with Gasteiger partial charge >= 0.3 is 0 Å². The predicted octanol–water partition coefficient (Wildman–Crippen LogP) is 2.51. The molecule has 0 bridgehead atoms. The molecule has 1 rings (SSSR count). The first-order valence-corrected chi connectivity index (χ1v) is 3.49. The van der Waals surface area contributed by atoms with Crippen LogP contribution < -0.4 is 0 Å². The smallest absolute Gasteiger partial charge is 0.114 e. The molecule has 1 aromatic carbocycles. The minimum atomic E-state index is 0. The maximum absolute atomic E-state index is 2.69. The second-order valence-electron chi connectivity index (χ2n) is 1.69. The topological polar surface area (TPSA) is 0 Å². The highest BCUT2D eigenvalue weighted by molar-refractivity contribution is 8.93. The van der Waals surface area contributed by atoms with Gasteiger partial charge in [0.05, 0.1) is 0 Å². The van der Waals surface area contributed by atoms with Gasteiger partial charge in [0.15, 0.2) is 0 Å². The predicted molar refractivity (Wildman–Crippen MR) is 56.5 cm³/mol. The summed E-state index contributed by atoms with van der Waals surface area (Å²) in [6.45, 7) is 0. The Hall–Kier alpha value is 0.712. The summed E-state index contributed by atoms with van der Waals surface area (Å²) in [6, 6.07) is 10.4. The number of hydrogen-bond donors (Lipinski definition) is 0. The molecule has 1 aromatic rings. The lowest BCUT2D eigenvalue weighted by Crippen LogP contribution is -1.78. The lowest BCUT2D eigenvalue weighted by Gasteiger charge is -1.90. The van der Waals surface area contributed by atoms with Gasteiger partial charge in [-0.3, -0.25) is 0 Å². The van der Waals surface area contributed by atoms with Crippen molar-refractivity contribution < 1.29 is 0 Å². The molecule has 0 aliphatic heterocycles. The molecule has 2 radical (unpaired) electrons. The van der Waals surface area contributed by atoms with Crippen molar-refractivity contribution in [2.45, 2.75) is 5.28 Å². The van der Waals surface area contributed by atoms with Gasteiger partial charge in [-0.1, -0.05) is 41.2 Å². The first-order chi connectivity index (χ1) is 3.93. The Labute approximate surface area is 91.0 Å². The summed E-state index contributed by atoms with van der Waals surface area (Å²) in [6.07, 6.45) is 0. The molecule has 0 atom stereocenters. The van der Waals surface area contributed by atoms with Crippen molar-refractivity contribution in [3.63, 3.8) is 0 Å². The molecule has 0 fully saturated rings. The summed E-state index contributed by atoms with van der Waals surface area (Å²) in [7, 11) is 0. The van der Waals surface area contributed by atoms with Gasteiger partial charge in [-0.15, -0.1) is 34.0 Å². The summed E-state index contributed by atoms with van der Waals surface area (Å²) < 4.78 is 0. The van der Waals surface area contributed by atoms with Gasteiger partial charge in [0.2, 0.25) is 0 Å². The Balaban J connectivity index is 0. The molecule has 0 nitrogen and oxygen atoms in total. The molecule has 0 amide bonds.